The summed E-state index contributed by atoms with van der Waals surface area (Å²) in [5, 5.41) is 8.09. The SMILES string of the molecule is CB(C)C1CCCC1.CB(C)C1CCCC1.CB(C)c1cc2c(B(C)C)cc1CCc1cc(B(C)C)c(cc1B(C)C)CC2.CB(C)c1ccc(B(C)C)c2c1C1c3c(B(C)C)ccc(B(C)C)c3C13c1c(B(C)C)ccc(B(C)C)c1[C@@H]23.CB(C)c1ccc2c(ccc3c4ccc(B(C)C)cc4ccc23)c1.[Fe]. The van der Waals surface area contributed by atoms with Crippen LogP contribution in [0.3, 0.4) is 0 Å². The molecule has 0 aromatic heterocycles. The van der Waals surface area contributed by atoms with Crippen LogP contribution in [0.15, 0.2) is 121 Å². The fourth-order valence-electron chi connectivity index (χ4n) is 21.0. The van der Waals surface area contributed by atoms with Crippen LogP contribution in [0.4, 0.5) is 0 Å². The molecule has 3 atom stereocenters. The second-order valence-corrected chi connectivity index (χ2v) is 39.0. The van der Waals surface area contributed by atoms with Crippen LogP contribution in [0.2, 0.25) is 203 Å². The van der Waals surface area contributed by atoms with Crippen molar-refractivity contribution in [3.8, 4) is 0 Å². The van der Waals surface area contributed by atoms with Gasteiger partial charge in [-0.15, -0.1) is 0 Å². The largest absolute Gasteiger partial charge is 0.170 e. The molecule has 0 N–H and O–H groups in total. The fourth-order valence-corrected chi connectivity index (χ4v) is 21.0. The van der Waals surface area contributed by atoms with E-state index in [1.807, 2.05) is 0 Å². The first-order valence-electron chi connectivity index (χ1n) is 43.9. The van der Waals surface area contributed by atoms with Crippen LogP contribution in [0.5, 0.6) is 0 Å². The van der Waals surface area contributed by atoms with E-state index in [4.69, 9.17) is 0 Å². The molecular formula is C93H132B14Fe. The van der Waals surface area contributed by atoms with Crippen LogP contribution in [-0.2, 0) is 48.2 Å². The zero-order chi connectivity index (χ0) is 77.7. The molecule has 9 aromatic rings. The normalized spacial score (nSPS) is 16.7. The average Bonchev–Trinajstić information content (AvgIpc) is 1.41. The number of aryl methyl sites for hydroxylation is 4. The molecule has 4 bridgehead atoms. The van der Waals surface area contributed by atoms with Crippen molar-refractivity contribution >= 4 is 192 Å². The summed E-state index contributed by atoms with van der Waals surface area (Å²) in [4.78, 5) is 0. The van der Waals surface area contributed by atoms with E-state index in [1.165, 1.54) is 94.6 Å². The first kappa shape index (κ1) is 85.6. The summed E-state index contributed by atoms with van der Waals surface area (Å²) >= 11 is 0. The van der Waals surface area contributed by atoms with Gasteiger partial charge in [-0.1, -0.05) is 463 Å². The van der Waals surface area contributed by atoms with Crippen molar-refractivity contribution in [1.29, 1.82) is 0 Å². The second-order valence-electron chi connectivity index (χ2n) is 39.0. The topological polar surface area (TPSA) is 0 Å². The summed E-state index contributed by atoms with van der Waals surface area (Å²) in [6, 6.07) is 48.2. The van der Waals surface area contributed by atoms with E-state index in [2.05, 4.69) is 312 Å². The molecule has 108 heavy (non-hydrogen) atoms. The number of fused-ring (bicyclic) bond motifs is 12. The Kier molecular flexibility index (Phi) is 28.3. The zero-order valence-electron chi connectivity index (χ0n) is 73.3. The van der Waals surface area contributed by atoms with Crippen molar-refractivity contribution in [3.63, 3.8) is 0 Å². The molecule has 2 fully saturated rings. The molecule has 554 valence electrons. The van der Waals surface area contributed by atoms with Gasteiger partial charge in [-0.2, -0.15) is 0 Å². The summed E-state index contributed by atoms with van der Waals surface area (Å²) in [5.74, 6) is 3.09. The molecule has 0 amide bonds. The van der Waals surface area contributed by atoms with Crippen molar-refractivity contribution < 1.29 is 17.1 Å². The molecule has 1 spiro atoms. The van der Waals surface area contributed by atoms with Crippen LogP contribution in [0.1, 0.15) is 119 Å². The van der Waals surface area contributed by atoms with Crippen LogP contribution in [0, 0.1) is 0 Å². The van der Waals surface area contributed by atoms with Gasteiger partial charge in [-0.05, 0) is 91.4 Å². The summed E-state index contributed by atoms with van der Waals surface area (Å²) in [6.07, 6.45) is 16.6. The molecular weight excluding hydrogens is 1320 g/mol. The molecule has 9 aliphatic carbocycles. The van der Waals surface area contributed by atoms with Crippen LogP contribution < -0.4 is 65.6 Å². The van der Waals surface area contributed by atoms with E-state index in [1.54, 1.807) is 110 Å². The summed E-state index contributed by atoms with van der Waals surface area (Å²) in [5.41, 5.74) is 35.3. The third kappa shape index (κ3) is 16.8. The van der Waals surface area contributed by atoms with Crippen molar-refractivity contribution in [3.05, 3.63) is 177 Å². The van der Waals surface area contributed by atoms with Gasteiger partial charge in [0.2, 0.25) is 0 Å². The van der Waals surface area contributed by atoms with Crippen molar-refractivity contribution in [2.75, 3.05) is 0 Å². The average molecular weight is 1460 g/mol. The van der Waals surface area contributed by atoms with Gasteiger partial charge in [0.15, 0.2) is 80.6 Å². The number of hydrogen-bond acceptors (Lipinski definition) is 0. The Hall–Kier alpha value is -4.81. The van der Waals surface area contributed by atoms with Crippen molar-refractivity contribution in [1.82, 2.24) is 0 Å². The number of hydrogen-bond donors (Lipinski definition) is 0. The molecule has 0 heterocycles. The number of benzene rings is 9. The Labute approximate surface area is 677 Å². The Morgan fingerprint density at radius 1 is 0.241 bits per heavy atom. The summed E-state index contributed by atoms with van der Waals surface area (Å²) in [6.45, 7) is 74.7. The Morgan fingerprint density at radius 3 is 0.713 bits per heavy atom. The minimum atomic E-state index is 0. The van der Waals surface area contributed by atoms with Gasteiger partial charge in [0, 0.05) is 34.3 Å². The molecule has 9 aliphatic rings. The zero-order valence-corrected chi connectivity index (χ0v) is 74.4. The quantitative estimate of drug-likeness (QED) is 0.0752. The van der Waals surface area contributed by atoms with Gasteiger partial charge in [0.05, 0.1) is 0 Å². The smallest absolute Gasteiger partial charge is 0.0861 e. The maximum Gasteiger partial charge on any atom is 0.170 e. The van der Waals surface area contributed by atoms with Gasteiger partial charge in [0.1, 0.15) is 13.4 Å². The Bertz CT molecular complexity index is 4240. The van der Waals surface area contributed by atoms with E-state index < -0.39 is 0 Å². The predicted octanol–water partition coefficient (Wildman–Crippen LogP) is 18.2. The van der Waals surface area contributed by atoms with E-state index in [0.29, 0.717) is 92.4 Å². The van der Waals surface area contributed by atoms with Gasteiger partial charge < -0.3 is 0 Å². The molecule has 0 radical (unpaired) electrons. The maximum absolute atomic E-state index is 2.56. The molecule has 0 saturated heterocycles. The molecule has 9 aromatic carbocycles. The monoisotopic (exact) mass is 1460 g/mol. The first-order chi connectivity index (χ1) is 50.7. The molecule has 15 heteroatoms. The third-order valence-electron chi connectivity index (χ3n) is 27.1. The van der Waals surface area contributed by atoms with E-state index in [0.717, 1.165) is 50.7 Å². The molecule has 2 saturated carbocycles. The summed E-state index contributed by atoms with van der Waals surface area (Å²) < 4.78 is 0. The number of rotatable bonds is 14. The minimum Gasteiger partial charge on any atom is -0.0861 e. The molecule has 0 nitrogen and oxygen atoms in total. The summed E-state index contributed by atoms with van der Waals surface area (Å²) in [7, 11) is 0. The van der Waals surface area contributed by atoms with Crippen molar-refractivity contribution in [2.24, 2.45) is 0 Å². The molecule has 2 unspecified atom stereocenters. The van der Waals surface area contributed by atoms with E-state index in [9.17, 15) is 0 Å². The maximum atomic E-state index is 2.56. The van der Waals surface area contributed by atoms with Gasteiger partial charge in [-0.25, -0.2) is 0 Å². The second kappa shape index (κ2) is 35.7. The van der Waals surface area contributed by atoms with Gasteiger partial charge in [-0.3, -0.25) is 0 Å². The first-order valence-corrected chi connectivity index (χ1v) is 43.9. The molecule has 18 rings (SSSR count). The Morgan fingerprint density at radius 2 is 0.481 bits per heavy atom. The molecule has 0 aliphatic heterocycles. The van der Waals surface area contributed by atoms with E-state index in [-0.39, 0.29) is 22.5 Å². The standard InChI is InChI=1S/C33H44B6.C24H36B4.C22H22B2.2C7H15B.Fe/c1-34(2)19-13-14-20(35(3)4)26-25(19)31-27-21(36(5)6)15-17-23(38(9)10)29(27)33(31)30-24(39(11)12)18-16-22(37(7)8)28(30)32(26)33;1-25(2)21-13-18-11-12-20-16-23(27(5)6)19(15-24(20)28(7)8)10-9-17(21)14-22(18)26(3)4;1-23(2)17-7-11-19-15(13-17)5-9-22-20-12-8-18(24(3)4)14-16(20)6-10-21(19)22;2*1-8(2)7-5-3-4-6-7;/h13-18,31-32H,1-12H3;13-16H,9-12H2,1-8H3;5-14H,1-4H3;2*7H,3-6H2,1-2H3;/t31-,32?,33?;;;;;/m1...../s1. The third-order valence-corrected chi connectivity index (χ3v) is 27.1. The van der Waals surface area contributed by atoms with Crippen LogP contribution >= 0.6 is 0 Å². The van der Waals surface area contributed by atoms with Gasteiger partial charge in [0.25, 0.3) is 0 Å². The van der Waals surface area contributed by atoms with Crippen LogP contribution in [0.25, 0.3) is 32.3 Å². The predicted molar refractivity (Wildman–Crippen MR) is 515 cm³/mol. The minimum absolute atomic E-state index is 0. The fraction of sp³-hybridized carbons (Fsp3) is 0.484. The van der Waals surface area contributed by atoms with E-state index >= 15 is 0 Å². The van der Waals surface area contributed by atoms with Crippen molar-refractivity contribution in [2.45, 2.75) is 297 Å². The van der Waals surface area contributed by atoms with Gasteiger partial charge >= 0.3 is 0 Å². The Balaban J connectivity index is 0.000000159. The van der Waals surface area contributed by atoms with Crippen LogP contribution in [-0.4, -0.2) is 94.0 Å².